The molecule has 3 heterocycles. The topological polar surface area (TPSA) is 58.8 Å². The molecule has 1 aliphatic heterocycles. The maximum Gasteiger partial charge on any atom is 0.410 e. The van der Waals surface area contributed by atoms with E-state index in [1.165, 1.54) is 5.56 Å². The molecule has 1 aliphatic rings. The van der Waals surface area contributed by atoms with Gasteiger partial charge in [-0.2, -0.15) is 0 Å². The number of para-hydroxylation sites is 1. The summed E-state index contributed by atoms with van der Waals surface area (Å²) in [6.07, 6.45) is 3.55. The molecule has 0 unspecified atom stereocenters. The van der Waals surface area contributed by atoms with Gasteiger partial charge in [0, 0.05) is 61.5 Å². The van der Waals surface area contributed by atoms with Crippen LogP contribution >= 0.6 is 0 Å². The van der Waals surface area contributed by atoms with Crippen LogP contribution in [0.2, 0.25) is 0 Å². The Bertz CT molecular complexity index is 1260. The van der Waals surface area contributed by atoms with Gasteiger partial charge in [-0.3, -0.25) is 9.88 Å². The Kier molecular flexibility index (Phi) is 5.54. The van der Waals surface area contributed by atoms with Gasteiger partial charge in [-0.1, -0.05) is 30.3 Å². The largest absolute Gasteiger partial charge is 0.456 e. The van der Waals surface area contributed by atoms with Crippen molar-refractivity contribution in [2.75, 3.05) is 26.2 Å². The van der Waals surface area contributed by atoms with E-state index in [1.807, 2.05) is 51.4 Å². The van der Waals surface area contributed by atoms with E-state index in [4.69, 9.17) is 9.15 Å². The van der Waals surface area contributed by atoms with Gasteiger partial charge < -0.3 is 14.1 Å². The summed E-state index contributed by atoms with van der Waals surface area (Å²) < 4.78 is 11.6. The zero-order chi connectivity index (χ0) is 23.0. The molecule has 0 atom stereocenters. The number of ether oxygens (including phenoxy) is 1. The molecule has 0 N–H and O–H groups in total. The predicted molar refractivity (Wildman–Crippen MR) is 130 cm³/mol. The van der Waals surface area contributed by atoms with Crippen molar-refractivity contribution in [2.45, 2.75) is 32.9 Å². The van der Waals surface area contributed by atoms with Crippen LogP contribution in [0.1, 0.15) is 26.3 Å². The highest BCUT2D eigenvalue weighted by Crippen LogP contribution is 2.33. The molecule has 2 aromatic heterocycles. The molecule has 6 heteroatoms. The maximum atomic E-state index is 12.3. The molecule has 0 spiro atoms. The summed E-state index contributed by atoms with van der Waals surface area (Å²) in [6.45, 7) is 9.53. The third-order valence-electron chi connectivity index (χ3n) is 5.95. The van der Waals surface area contributed by atoms with Crippen molar-refractivity contribution in [1.29, 1.82) is 0 Å². The van der Waals surface area contributed by atoms with Crippen molar-refractivity contribution in [2.24, 2.45) is 0 Å². The van der Waals surface area contributed by atoms with Crippen molar-refractivity contribution in [3.05, 3.63) is 66.5 Å². The normalized spacial score (nSPS) is 15.3. The van der Waals surface area contributed by atoms with Crippen LogP contribution in [-0.2, 0) is 11.3 Å². The number of carbonyl (C=O) groups is 1. The van der Waals surface area contributed by atoms with Gasteiger partial charge in [0.1, 0.15) is 16.9 Å². The minimum absolute atomic E-state index is 0.226. The molecule has 2 aromatic carbocycles. The molecule has 5 rings (SSSR count). The number of nitrogens with zero attached hydrogens (tertiary/aromatic N) is 3. The highest BCUT2D eigenvalue weighted by Gasteiger charge is 2.25. The quantitative estimate of drug-likeness (QED) is 0.406. The number of piperazine rings is 1. The van der Waals surface area contributed by atoms with E-state index in [2.05, 4.69) is 40.2 Å². The summed E-state index contributed by atoms with van der Waals surface area (Å²) in [5.41, 5.74) is 2.65. The monoisotopic (exact) mass is 443 g/mol. The standard InChI is InChI=1S/C27H29N3O3/c1-27(2,3)33-26(31)30-12-10-29(11-13-30)18-19-8-9-21-16-28-17-23(22(21)14-19)25-15-20-6-4-5-7-24(20)32-25/h4-9,14-17H,10-13,18H2,1-3H3. The number of hydrogen-bond acceptors (Lipinski definition) is 5. The second kappa shape index (κ2) is 8.52. The summed E-state index contributed by atoms with van der Waals surface area (Å²) in [7, 11) is 0. The first-order chi connectivity index (χ1) is 15.9. The SMILES string of the molecule is CC(C)(C)OC(=O)N1CCN(Cc2ccc3cncc(-c4cc5ccccc5o4)c3c2)CC1. The Hall–Kier alpha value is -3.38. The molecular formula is C27H29N3O3. The Morgan fingerprint density at radius 3 is 2.55 bits per heavy atom. The summed E-state index contributed by atoms with van der Waals surface area (Å²) in [5.74, 6) is 0.831. The van der Waals surface area contributed by atoms with Gasteiger partial charge in [0.2, 0.25) is 0 Å². The van der Waals surface area contributed by atoms with Gasteiger partial charge in [0.25, 0.3) is 0 Å². The Labute approximate surface area is 193 Å². The van der Waals surface area contributed by atoms with E-state index in [9.17, 15) is 4.79 Å². The number of benzene rings is 2. The van der Waals surface area contributed by atoms with E-state index in [-0.39, 0.29) is 6.09 Å². The molecule has 0 saturated carbocycles. The number of fused-ring (bicyclic) bond motifs is 2. The Morgan fingerprint density at radius 1 is 1.00 bits per heavy atom. The number of hydrogen-bond donors (Lipinski definition) is 0. The van der Waals surface area contributed by atoms with Crippen LogP contribution in [0.3, 0.4) is 0 Å². The van der Waals surface area contributed by atoms with Crippen molar-refractivity contribution < 1.29 is 13.9 Å². The summed E-state index contributed by atoms with van der Waals surface area (Å²) in [5, 5.41) is 3.31. The number of carbonyl (C=O) groups excluding carboxylic acids is 1. The number of rotatable bonds is 3. The third-order valence-corrected chi connectivity index (χ3v) is 5.95. The van der Waals surface area contributed by atoms with E-state index < -0.39 is 5.60 Å². The van der Waals surface area contributed by atoms with Crippen LogP contribution in [0.25, 0.3) is 33.1 Å². The van der Waals surface area contributed by atoms with E-state index in [0.29, 0.717) is 13.1 Å². The molecule has 1 fully saturated rings. The first-order valence-corrected chi connectivity index (χ1v) is 11.4. The highest BCUT2D eigenvalue weighted by molar-refractivity contribution is 5.97. The molecule has 6 nitrogen and oxygen atoms in total. The minimum atomic E-state index is -0.467. The fourth-order valence-electron chi connectivity index (χ4n) is 4.29. The van der Waals surface area contributed by atoms with E-state index in [1.54, 1.807) is 4.90 Å². The molecule has 33 heavy (non-hydrogen) atoms. The molecule has 4 aromatic rings. The number of aromatic nitrogens is 1. The lowest BCUT2D eigenvalue weighted by Crippen LogP contribution is -2.49. The maximum absolute atomic E-state index is 12.3. The summed E-state index contributed by atoms with van der Waals surface area (Å²) in [4.78, 5) is 20.9. The molecule has 0 radical (unpaired) electrons. The number of pyridine rings is 1. The van der Waals surface area contributed by atoms with E-state index in [0.717, 1.165) is 52.7 Å². The minimum Gasteiger partial charge on any atom is -0.456 e. The second-order valence-electron chi connectivity index (χ2n) is 9.63. The second-order valence-corrected chi connectivity index (χ2v) is 9.63. The van der Waals surface area contributed by atoms with Gasteiger partial charge >= 0.3 is 6.09 Å². The zero-order valence-electron chi connectivity index (χ0n) is 19.4. The van der Waals surface area contributed by atoms with Crippen molar-refractivity contribution in [3.8, 4) is 11.3 Å². The average Bonchev–Trinajstić information content (AvgIpc) is 3.22. The fourth-order valence-corrected chi connectivity index (χ4v) is 4.29. The lowest BCUT2D eigenvalue weighted by Gasteiger charge is -2.35. The Balaban J connectivity index is 1.33. The van der Waals surface area contributed by atoms with Gasteiger partial charge in [-0.05, 0) is 49.9 Å². The molecule has 1 saturated heterocycles. The smallest absolute Gasteiger partial charge is 0.410 e. The van der Waals surface area contributed by atoms with Crippen molar-refractivity contribution in [1.82, 2.24) is 14.8 Å². The van der Waals surface area contributed by atoms with Crippen LogP contribution < -0.4 is 0 Å². The van der Waals surface area contributed by atoms with Crippen LogP contribution in [0.15, 0.2) is 65.3 Å². The lowest BCUT2D eigenvalue weighted by atomic mass is 10.0. The third kappa shape index (κ3) is 4.71. The molecular weight excluding hydrogens is 414 g/mol. The molecule has 0 aliphatic carbocycles. The predicted octanol–water partition coefficient (Wildman–Crippen LogP) is 5.70. The Morgan fingerprint density at radius 2 is 1.79 bits per heavy atom. The lowest BCUT2D eigenvalue weighted by molar-refractivity contribution is 0.0139. The van der Waals surface area contributed by atoms with Crippen LogP contribution in [0.5, 0.6) is 0 Å². The summed E-state index contributed by atoms with van der Waals surface area (Å²) in [6, 6.07) is 16.6. The van der Waals surface area contributed by atoms with Crippen molar-refractivity contribution >= 4 is 27.8 Å². The first kappa shape index (κ1) is 21.5. The highest BCUT2D eigenvalue weighted by atomic mass is 16.6. The van der Waals surface area contributed by atoms with Crippen molar-refractivity contribution in [3.63, 3.8) is 0 Å². The van der Waals surface area contributed by atoms with E-state index >= 15 is 0 Å². The van der Waals surface area contributed by atoms with Crippen LogP contribution in [0, 0.1) is 0 Å². The molecule has 0 bridgehead atoms. The summed E-state index contributed by atoms with van der Waals surface area (Å²) >= 11 is 0. The molecule has 170 valence electrons. The van der Waals surface area contributed by atoms with Gasteiger partial charge in [0.05, 0.1) is 0 Å². The number of furan rings is 1. The average molecular weight is 444 g/mol. The van der Waals surface area contributed by atoms with Gasteiger partial charge in [-0.25, -0.2) is 4.79 Å². The van der Waals surface area contributed by atoms with Gasteiger partial charge in [-0.15, -0.1) is 0 Å². The number of amides is 1. The first-order valence-electron chi connectivity index (χ1n) is 11.4. The van der Waals surface area contributed by atoms with Crippen LogP contribution in [0.4, 0.5) is 4.79 Å². The van der Waals surface area contributed by atoms with Crippen LogP contribution in [-0.4, -0.2) is 52.7 Å². The zero-order valence-corrected chi connectivity index (χ0v) is 19.4. The van der Waals surface area contributed by atoms with Gasteiger partial charge in [0.15, 0.2) is 0 Å². The fraction of sp³-hybridized carbons (Fsp3) is 0.333. The molecule has 1 amide bonds.